The molecule has 1 heterocycles. The van der Waals surface area contributed by atoms with E-state index in [0.717, 1.165) is 10.3 Å². The van der Waals surface area contributed by atoms with Crippen LogP contribution >= 0.6 is 46.3 Å². The summed E-state index contributed by atoms with van der Waals surface area (Å²) in [5.74, 6) is -0.115. The Morgan fingerprint density at radius 2 is 1.84 bits per heavy atom. The van der Waals surface area contributed by atoms with E-state index in [9.17, 15) is 4.79 Å². The monoisotopic (exact) mass is 410 g/mol. The number of rotatable bonds is 5. The SMILES string of the molecule is CC(C)Sc1ccc(CC(=O)Nc2nc3c(Cl)ccc(Cl)c3s2)cc1. The summed E-state index contributed by atoms with van der Waals surface area (Å²) in [6.07, 6.45) is 0.296. The van der Waals surface area contributed by atoms with Crippen LogP contribution in [0.2, 0.25) is 10.0 Å². The molecule has 3 nitrogen and oxygen atoms in total. The summed E-state index contributed by atoms with van der Waals surface area (Å²) in [5.41, 5.74) is 1.58. The lowest BCUT2D eigenvalue weighted by molar-refractivity contribution is -0.115. The number of thioether (sulfide) groups is 1. The van der Waals surface area contributed by atoms with Gasteiger partial charge in [-0.1, -0.05) is 60.5 Å². The summed E-state index contributed by atoms with van der Waals surface area (Å²) in [4.78, 5) is 17.8. The minimum Gasteiger partial charge on any atom is -0.302 e. The topological polar surface area (TPSA) is 42.0 Å². The lowest BCUT2D eigenvalue weighted by Crippen LogP contribution is -2.14. The van der Waals surface area contributed by atoms with E-state index in [1.807, 2.05) is 24.3 Å². The molecule has 0 unspecified atom stereocenters. The van der Waals surface area contributed by atoms with Crippen LogP contribution in [-0.4, -0.2) is 16.1 Å². The average molecular weight is 411 g/mol. The molecule has 0 aliphatic heterocycles. The first-order chi connectivity index (χ1) is 11.9. The van der Waals surface area contributed by atoms with Crippen molar-refractivity contribution in [3.8, 4) is 0 Å². The van der Waals surface area contributed by atoms with E-state index in [-0.39, 0.29) is 5.91 Å². The first-order valence-corrected chi connectivity index (χ1v) is 10.2. The quantitative estimate of drug-likeness (QED) is 0.502. The maximum Gasteiger partial charge on any atom is 0.230 e. The van der Waals surface area contributed by atoms with Crippen molar-refractivity contribution in [3.63, 3.8) is 0 Å². The number of nitrogens with one attached hydrogen (secondary N) is 1. The van der Waals surface area contributed by atoms with Gasteiger partial charge in [0.15, 0.2) is 5.13 Å². The van der Waals surface area contributed by atoms with E-state index >= 15 is 0 Å². The first kappa shape index (κ1) is 18.5. The Morgan fingerprint density at radius 1 is 1.16 bits per heavy atom. The first-order valence-electron chi connectivity index (χ1n) is 7.72. The minimum absolute atomic E-state index is 0.115. The maximum absolute atomic E-state index is 12.3. The summed E-state index contributed by atoms with van der Waals surface area (Å²) in [6, 6.07) is 11.5. The molecule has 1 amide bonds. The van der Waals surface area contributed by atoms with E-state index in [0.29, 0.717) is 32.4 Å². The molecule has 0 spiro atoms. The molecule has 0 aliphatic carbocycles. The molecule has 0 aliphatic rings. The molecular weight excluding hydrogens is 395 g/mol. The Balaban J connectivity index is 1.68. The van der Waals surface area contributed by atoms with Crippen LogP contribution in [0.3, 0.4) is 0 Å². The molecule has 0 fully saturated rings. The fraction of sp³-hybridized carbons (Fsp3) is 0.222. The number of hydrogen-bond acceptors (Lipinski definition) is 4. The van der Waals surface area contributed by atoms with Gasteiger partial charge in [-0.05, 0) is 29.8 Å². The van der Waals surface area contributed by atoms with Gasteiger partial charge in [-0.2, -0.15) is 0 Å². The highest BCUT2D eigenvalue weighted by Gasteiger charge is 2.13. The van der Waals surface area contributed by atoms with E-state index in [2.05, 4.69) is 24.1 Å². The minimum atomic E-state index is -0.115. The zero-order valence-electron chi connectivity index (χ0n) is 13.7. The van der Waals surface area contributed by atoms with E-state index in [1.165, 1.54) is 16.2 Å². The van der Waals surface area contributed by atoms with Crippen molar-refractivity contribution in [2.45, 2.75) is 30.4 Å². The smallest absolute Gasteiger partial charge is 0.230 e. The number of benzene rings is 2. The number of aromatic nitrogens is 1. The summed E-state index contributed by atoms with van der Waals surface area (Å²) in [7, 11) is 0. The van der Waals surface area contributed by atoms with Crippen LogP contribution in [0.5, 0.6) is 0 Å². The summed E-state index contributed by atoms with van der Waals surface area (Å²) in [5, 5.41) is 4.96. The number of carbonyl (C=O) groups excluding carboxylic acids is 1. The van der Waals surface area contributed by atoms with E-state index in [1.54, 1.807) is 23.9 Å². The van der Waals surface area contributed by atoms with Gasteiger partial charge < -0.3 is 5.32 Å². The second-order valence-electron chi connectivity index (χ2n) is 5.76. The average Bonchev–Trinajstić information content (AvgIpc) is 2.97. The van der Waals surface area contributed by atoms with E-state index in [4.69, 9.17) is 23.2 Å². The van der Waals surface area contributed by atoms with Crippen molar-refractivity contribution in [2.75, 3.05) is 5.32 Å². The van der Waals surface area contributed by atoms with Gasteiger partial charge in [0.05, 0.1) is 21.2 Å². The van der Waals surface area contributed by atoms with E-state index < -0.39 is 0 Å². The third-order valence-corrected chi connectivity index (χ3v) is 6.10. The third-order valence-electron chi connectivity index (χ3n) is 3.35. The van der Waals surface area contributed by atoms with Crippen LogP contribution in [0.25, 0.3) is 10.2 Å². The number of halogens is 2. The summed E-state index contributed by atoms with van der Waals surface area (Å²) >= 11 is 15.4. The van der Waals surface area contributed by atoms with Gasteiger partial charge in [0.25, 0.3) is 0 Å². The molecule has 25 heavy (non-hydrogen) atoms. The lowest BCUT2D eigenvalue weighted by Gasteiger charge is -2.06. The Labute approximate surface area is 164 Å². The highest BCUT2D eigenvalue weighted by atomic mass is 35.5. The van der Waals surface area contributed by atoms with Crippen LogP contribution in [-0.2, 0) is 11.2 Å². The normalized spacial score (nSPS) is 11.2. The maximum atomic E-state index is 12.3. The van der Waals surface area contributed by atoms with Crippen molar-refractivity contribution in [3.05, 3.63) is 52.0 Å². The molecule has 0 saturated heterocycles. The molecule has 3 aromatic rings. The van der Waals surface area contributed by atoms with Crippen LogP contribution in [0.4, 0.5) is 5.13 Å². The molecule has 130 valence electrons. The standard InChI is InChI=1S/C18H16Cl2N2OS2/c1-10(2)24-12-5-3-11(4-6-12)9-15(23)21-18-22-16-13(19)7-8-14(20)17(16)25-18/h3-8,10H,9H2,1-2H3,(H,21,22,23). The number of nitrogens with zero attached hydrogens (tertiary/aromatic N) is 1. The largest absolute Gasteiger partial charge is 0.302 e. The molecule has 1 aromatic heterocycles. The lowest BCUT2D eigenvalue weighted by atomic mass is 10.1. The highest BCUT2D eigenvalue weighted by Crippen LogP contribution is 2.36. The predicted molar refractivity (Wildman–Crippen MR) is 109 cm³/mol. The number of carbonyl (C=O) groups is 1. The van der Waals surface area contributed by atoms with Gasteiger partial charge in [0.2, 0.25) is 5.91 Å². The van der Waals surface area contributed by atoms with Crippen molar-refractivity contribution < 1.29 is 4.79 Å². The van der Waals surface area contributed by atoms with Crippen molar-refractivity contribution in [1.29, 1.82) is 0 Å². The molecular formula is C18H16Cl2N2OS2. The molecule has 3 rings (SSSR count). The number of thiazole rings is 1. The second kappa shape index (κ2) is 7.96. The van der Waals surface area contributed by atoms with Crippen LogP contribution in [0.1, 0.15) is 19.4 Å². The molecule has 2 aromatic carbocycles. The number of fused-ring (bicyclic) bond motifs is 1. The predicted octanol–water partition coefficient (Wildman–Crippen LogP) is 6.28. The molecule has 0 saturated carbocycles. The van der Waals surface area contributed by atoms with Gasteiger partial charge in [0, 0.05) is 10.1 Å². The molecule has 7 heteroatoms. The van der Waals surface area contributed by atoms with Crippen molar-refractivity contribution in [2.24, 2.45) is 0 Å². The summed E-state index contributed by atoms with van der Waals surface area (Å²) in [6.45, 7) is 4.31. The molecule has 1 N–H and O–H groups in total. The van der Waals surface area contributed by atoms with Gasteiger partial charge in [-0.15, -0.1) is 11.8 Å². The highest BCUT2D eigenvalue weighted by molar-refractivity contribution is 7.99. The second-order valence-corrected chi connectivity index (χ2v) is 9.22. The van der Waals surface area contributed by atoms with Crippen LogP contribution < -0.4 is 5.32 Å². The molecule has 0 bridgehead atoms. The number of hydrogen-bond donors (Lipinski definition) is 1. The third kappa shape index (κ3) is 4.67. The van der Waals surface area contributed by atoms with Crippen LogP contribution in [0, 0.1) is 0 Å². The zero-order valence-corrected chi connectivity index (χ0v) is 16.8. The van der Waals surface area contributed by atoms with Crippen LogP contribution in [0.15, 0.2) is 41.3 Å². The van der Waals surface area contributed by atoms with Gasteiger partial charge in [0.1, 0.15) is 5.52 Å². The van der Waals surface area contributed by atoms with Gasteiger partial charge in [-0.3, -0.25) is 4.79 Å². The fourth-order valence-corrected chi connectivity index (χ4v) is 4.58. The molecule has 0 radical (unpaired) electrons. The Bertz CT molecular complexity index is 868. The van der Waals surface area contributed by atoms with Crippen molar-refractivity contribution in [1.82, 2.24) is 4.98 Å². The number of amides is 1. The van der Waals surface area contributed by atoms with Crippen molar-refractivity contribution >= 4 is 67.6 Å². The summed E-state index contributed by atoms with van der Waals surface area (Å²) < 4.78 is 0.777. The number of anilines is 1. The Hall–Kier alpha value is -1.27. The zero-order chi connectivity index (χ0) is 18.0. The molecule has 0 atom stereocenters. The van der Waals surface area contributed by atoms with Gasteiger partial charge >= 0.3 is 0 Å². The Kier molecular flexibility index (Phi) is 5.89. The fourth-order valence-electron chi connectivity index (χ4n) is 2.31. The Morgan fingerprint density at radius 3 is 2.48 bits per heavy atom. The van der Waals surface area contributed by atoms with Gasteiger partial charge in [-0.25, -0.2) is 4.98 Å².